The van der Waals surface area contributed by atoms with Gasteiger partial charge in [0, 0.05) is 6.42 Å². The van der Waals surface area contributed by atoms with Crippen LogP contribution in [-0.2, 0) is 0 Å². The van der Waals surface area contributed by atoms with Gasteiger partial charge in [-0.3, -0.25) is 0 Å². The molecule has 0 nitrogen and oxygen atoms in total. The molecule has 0 aliphatic carbocycles. The predicted molar refractivity (Wildman–Crippen MR) is 46.0 cm³/mol. The van der Waals surface area contributed by atoms with E-state index in [4.69, 9.17) is 0 Å². The summed E-state index contributed by atoms with van der Waals surface area (Å²) in [5.41, 5.74) is 5.11. The van der Waals surface area contributed by atoms with Crippen molar-refractivity contribution in [3.63, 3.8) is 0 Å². The van der Waals surface area contributed by atoms with Gasteiger partial charge >= 0.3 is 0 Å². The molecule has 0 atom stereocenters. The Kier molecular flexibility index (Phi) is 7.11. The van der Waals surface area contributed by atoms with Crippen molar-refractivity contribution in [3.05, 3.63) is 12.3 Å². The highest BCUT2D eigenvalue weighted by Crippen LogP contribution is 1.89. The Morgan fingerprint density at radius 3 is 3.00 bits per heavy atom. The van der Waals surface area contributed by atoms with Crippen molar-refractivity contribution in [1.29, 1.82) is 0 Å². The Hall–Kier alpha value is -0.483. The Bertz CT molecular complexity index is 116. The molecule has 0 aromatic carbocycles. The Morgan fingerprint density at radius 1 is 1.67 bits per heavy atom. The van der Waals surface area contributed by atoms with E-state index in [-0.39, 0.29) is 9.52 Å². The van der Waals surface area contributed by atoms with Crippen LogP contribution in [0.15, 0.2) is 12.3 Å². The Labute approximate surface area is 60.2 Å². The smallest absolute Gasteiger partial charge is 0.129 e. The van der Waals surface area contributed by atoms with E-state index in [9.17, 15) is 0 Å². The maximum atomic E-state index is 3.64. The summed E-state index contributed by atoms with van der Waals surface area (Å²) in [5, 5.41) is 0. The first-order valence-electron chi connectivity index (χ1n) is 3.48. The van der Waals surface area contributed by atoms with Crippen molar-refractivity contribution in [3.8, 4) is 11.5 Å². The van der Waals surface area contributed by atoms with E-state index in [1.54, 1.807) is 0 Å². The second kappa shape index (κ2) is 7.52. The molecule has 0 aromatic heterocycles. The Morgan fingerprint density at radius 2 is 2.44 bits per heavy atom. The van der Waals surface area contributed by atoms with Crippen LogP contribution in [0.5, 0.6) is 0 Å². The SMILES string of the molecule is C=C[SiH2]C#CCCCC. The highest BCUT2D eigenvalue weighted by molar-refractivity contribution is 6.51. The monoisotopic (exact) mass is 138 g/mol. The minimum atomic E-state index is -0.203. The molecule has 0 radical (unpaired) electrons. The number of hydrogen-bond acceptors (Lipinski definition) is 0. The highest BCUT2D eigenvalue weighted by atomic mass is 28.2. The lowest BCUT2D eigenvalue weighted by Crippen LogP contribution is -1.75. The van der Waals surface area contributed by atoms with E-state index in [1.807, 2.05) is 5.70 Å². The van der Waals surface area contributed by atoms with Crippen LogP contribution in [0, 0.1) is 11.5 Å². The van der Waals surface area contributed by atoms with Crippen LogP contribution >= 0.6 is 0 Å². The number of rotatable bonds is 3. The minimum Gasteiger partial charge on any atom is -0.135 e. The van der Waals surface area contributed by atoms with Crippen molar-refractivity contribution >= 4 is 9.52 Å². The second-order valence-electron chi connectivity index (χ2n) is 1.95. The van der Waals surface area contributed by atoms with Gasteiger partial charge in [-0.05, 0) is 6.42 Å². The van der Waals surface area contributed by atoms with Gasteiger partial charge in [-0.1, -0.05) is 19.0 Å². The first-order valence-corrected chi connectivity index (χ1v) is 5.00. The molecule has 9 heavy (non-hydrogen) atoms. The van der Waals surface area contributed by atoms with E-state index in [2.05, 4.69) is 25.0 Å². The molecular weight excluding hydrogens is 124 g/mol. The third-order valence-electron chi connectivity index (χ3n) is 1.03. The van der Waals surface area contributed by atoms with Crippen LogP contribution < -0.4 is 0 Å². The molecule has 0 aliphatic rings. The second-order valence-corrected chi connectivity index (χ2v) is 3.29. The van der Waals surface area contributed by atoms with E-state index in [1.165, 1.54) is 12.8 Å². The van der Waals surface area contributed by atoms with E-state index in [0.29, 0.717) is 0 Å². The van der Waals surface area contributed by atoms with Gasteiger partial charge < -0.3 is 0 Å². The van der Waals surface area contributed by atoms with Gasteiger partial charge in [0.15, 0.2) is 0 Å². The van der Waals surface area contributed by atoms with Gasteiger partial charge in [-0.15, -0.1) is 18.0 Å². The fourth-order valence-corrected chi connectivity index (χ4v) is 0.963. The molecule has 0 heterocycles. The van der Waals surface area contributed by atoms with Crippen molar-refractivity contribution in [2.75, 3.05) is 0 Å². The van der Waals surface area contributed by atoms with Gasteiger partial charge in [0.05, 0.1) is 0 Å². The molecule has 0 rings (SSSR count). The standard InChI is InChI=1S/C8H14Si/c1-3-5-6-7-8-9-4-2/h4H,2-3,5-6,9H2,1H3. The zero-order valence-corrected chi connectivity index (χ0v) is 7.53. The first-order chi connectivity index (χ1) is 4.41. The summed E-state index contributed by atoms with van der Waals surface area (Å²) in [7, 11) is -0.203. The van der Waals surface area contributed by atoms with Crippen LogP contribution in [-0.4, -0.2) is 9.52 Å². The summed E-state index contributed by atoms with van der Waals surface area (Å²) in [4.78, 5) is 0. The molecule has 0 aliphatic heterocycles. The fourth-order valence-electron chi connectivity index (χ4n) is 0.498. The lowest BCUT2D eigenvalue weighted by Gasteiger charge is -1.82. The molecule has 0 N–H and O–H groups in total. The summed E-state index contributed by atoms with van der Waals surface area (Å²) in [5.74, 6) is 3.13. The third kappa shape index (κ3) is 7.52. The average molecular weight is 138 g/mol. The highest BCUT2D eigenvalue weighted by Gasteiger charge is 1.74. The average Bonchev–Trinajstić information content (AvgIpc) is 1.89. The quantitative estimate of drug-likeness (QED) is 0.314. The molecule has 0 amide bonds. The number of unbranched alkanes of at least 4 members (excludes halogenated alkanes) is 2. The van der Waals surface area contributed by atoms with Gasteiger partial charge in [0.1, 0.15) is 9.52 Å². The molecule has 1 heteroatoms. The van der Waals surface area contributed by atoms with E-state index < -0.39 is 0 Å². The minimum absolute atomic E-state index is 0.203. The van der Waals surface area contributed by atoms with Crippen molar-refractivity contribution in [2.45, 2.75) is 26.2 Å². The maximum Gasteiger partial charge on any atom is 0.129 e. The molecule has 0 bridgehead atoms. The van der Waals surface area contributed by atoms with Gasteiger partial charge in [0.2, 0.25) is 0 Å². The van der Waals surface area contributed by atoms with Crippen molar-refractivity contribution in [1.82, 2.24) is 0 Å². The van der Waals surface area contributed by atoms with Crippen LogP contribution in [0.4, 0.5) is 0 Å². The van der Waals surface area contributed by atoms with Gasteiger partial charge in [-0.2, -0.15) is 0 Å². The van der Waals surface area contributed by atoms with Crippen LogP contribution in [0.3, 0.4) is 0 Å². The molecular formula is C8H14Si. The molecule has 50 valence electrons. The Balaban J connectivity index is 3.05. The lowest BCUT2D eigenvalue weighted by atomic mass is 10.3. The summed E-state index contributed by atoms with van der Waals surface area (Å²) in [6.45, 7) is 5.82. The third-order valence-corrected chi connectivity index (χ3v) is 1.77. The van der Waals surface area contributed by atoms with Crippen LogP contribution in [0.25, 0.3) is 0 Å². The summed E-state index contributed by atoms with van der Waals surface area (Å²) >= 11 is 0. The van der Waals surface area contributed by atoms with E-state index in [0.717, 1.165) is 6.42 Å². The number of hydrogen-bond donors (Lipinski definition) is 0. The molecule has 0 aromatic rings. The maximum absolute atomic E-state index is 3.64. The predicted octanol–water partition coefficient (Wildman–Crippen LogP) is 1.45. The van der Waals surface area contributed by atoms with Gasteiger partial charge in [0.25, 0.3) is 0 Å². The topological polar surface area (TPSA) is 0 Å². The molecule has 0 saturated carbocycles. The largest absolute Gasteiger partial charge is 0.135 e. The normalized spacial score (nSPS) is 9.00. The van der Waals surface area contributed by atoms with E-state index >= 15 is 0 Å². The zero-order chi connectivity index (χ0) is 6.95. The van der Waals surface area contributed by atoms with Crippen LogP contribution in [0.1, 0.15) is 26.2 Å². The summed E-state index contributed by atoms with van der Waals surface area (Å²) in [6.07, 6.45) is 3.58. The van der Waals surface area contributed by atoms with Gasteiger partial charge in [-0.25, -0.2) is 0 Å². The summed E-state index contributed by atoms with van der Waals surface area (Å²) < 4.78 is 0. The first kappa shape index (κ1) is 8.52. The molecule has 0 saturated heterocycles. The summed E-state index contributed by atoms with van der Waals surface area (Å²) in [6, 6.07) is 0. The van der Waals surface area contributed by atoms with Crippen molar-refractivity contribution in [2.24, 2.45) is 0 Å². The zero-order valence-electron chi connectivity index (χ0n) is 6.11. The molecule has 0 spiro atoms. The fraction of sp³-hybridized carbons (Fsp3) is 0.500. The van der Waals surface area contributed by atoms with Crippen molar-refractivity contribution < 1.29 is 0 Å². The molecule has 0 fully saturated rings. The lowest BCUT2D eigenvalue weighted by molar-refractivity contribution is 0.828. The molecule has 0 unspecified atom stereocenters. The van der Waals surface area contributed by atoms with Crippen LogP contribution in [0.2, 0.25) is 0 Å².